The number of benzene rings is 1. The van der Waals surface area contributed by atoms with E-state index >= 15 is 0 Å². The molecule has 0 aliphatic rings. The molecule has 0 spiro atoms. The lowest BCUT2D eigenvalue weighted by Crippen LogP contribution is -2.42. The molecule has 2 N–H and O–H groups in total. The molecule has 0 fully saturated rings. The monoisotopic (exact) mass is 385 g/mol. The summed E-state index contributed by atoms with van der Waals surface area (Å²) >= 11 is 7.09. The highest BCUT2D eigenvalue weighted by atomic mass is 35.5. The molecule has 0 saturated carbocycles. The molecule has 0 aliphatic carbocycles. The molecule has 1 heterocycles. The van der Waals surface area contributed by atoms with Crippen LogP contribution in [0, 0.1) is 0 Å². The van der Waals surface area contributed by atoms with Crippen molar-refractivity contribution < 1.29 is 13.2 Å². The van der Waals surface area contributed by atoms with Crippen LogP contribution >= 0.6 is 23.4 Å². The maximum Gasteiger partial charge on any atom is 0.328 e. The van der Waals surface area contributed by atoms with Crippen LogP contribution in [0.1, 0.15) is 13.8 Å². The first-order chi connectivity index (χ1) is 11.3. The summed E-state index contributed by atoms with van der Waals surface area (Å²) in [4.78, 5) is 16.8. The van der Waals surface area contributed by atoms with Gasteiger partial charge in [-0.2, -0.15) is 0 Å². The van der Waals surface area contributed by atoms with Crippen LogP contribution in [0.25, 0.3) is 0 Å². The van der Waals surface area contributed by atoms with Crippen LogP contribution in [0.3, 0.4) is 0 Å². The number of aromatic nitrogens is 1. The van der Waals surface area contributed by atoms with E-state index in [4.69, 9.17) is 11.6 Å². The highest BCUT2D eigenvalue weighted by Crippen LogP contribution is 2.32. The van der Waals surface area contributed by atoms with E-state index in [0.717, 1.165) is 4.90 Å². The Morgan fingerprint density at radius 1 is 1.21 bits per heavy atom. The first-order valence-corrected chi connectivity index (χ1v) is 9.66. The maximum absolute atomic E-state index is 12.4. The molecule has 0 radical (unpaired) electrons. The Kier molecular flexibility index (Phi) is 6.09. The summed E-state index contributed by atoms with van der Waals surface area (Å²) in [7, 11) is -4.04. The first-order valence-electron chi connectivity index (χ1n) is 6.98. The third kappa shape index (κ3) is 5.12. The zero-order chi connectivity index (χ0) is 17.7. The molecule has 1 aromatic carbocycles. The predicted molar refractivity (Wildman–Crippen MR) is 93.8 cm³/mol. The molecule has 0 aliphatic heterocycles. The number of rotatable bonds is 5. The van der Waals surface area contributed by atoms with Gasteiger partial charge in [-0.15, -0.1) is 0 Å². The number of urea groups is 1. The maximum atomic E-state index is 12.4. The molecule has 128 valence electrons. The van der Waals surface area contributed by atoms with Crippen LogP contribution in [-0.2, 0) is 10.0 Å². The number of nitrogens with zero attached hydrogens (tertiary/aromatic N) is 1. The van der Waals surface area contributed by atoms with Crippen molar-refractivity contribution in [1.29, 1.82) is 0 Å². The van der Waals surface area contributed by atoms with E-state index < -0.39 is 16.1 Å². The quantitative estimate of drug-likeness (QED) is 0.824. The summed E-state index contributed by atoms with van der Waals surface area (Å²) in [5.74, 6) is 0. The second kappa shape index (κ2) is 7.87. The zero-order valence-corrected chi connectivity index (χ0v) is 15.4. The zero-order valence-electron chi connectivity index (χ0n) is 13.0. The number of nitrogens with one attached hydrogen (secondary N) is 2. The Balaban J connectivity index is 2.27. The van der Waals surface area contributed by atoms with E-state index in [2.05, 4.69) is 10.3 Å². The molecule has 0 bridgehead atoms. The van der Waals surface area contributed by atoms with E-state index in [1.54, 1.807) is 44.2 Å². The summed E-state index contributed by atoms with van der Waals surface area (Å²) in [6.45, 7) is 3.47. The molecule has 9 heteroatoms. The minimum atomic E-state index is -4.04. The van der Waals surface area contributed by atoms with Crippen molar-refractivity contribution >= 4 is 39.4 Å². The summed E-state index contributed by atoms with van der Waals surface area (Å²) in [6.07, 6.45) is 2.70. The second-order valence-electron chi connectivity index (χ2n) is 5.11. The SMILES string of the molecule is CC(C)NC(=O)NS(=O)(=O)c1cnccc1Sc1ccc(Cl)cc1. The van der Waals surface area contributed by atoms with Crippen molar-refractivity contribution in [3.8, 4) is 0 Å². The Labute approximate surface area is 150 Å². The Bertz CT molecular complexity index is 824. The van der Waals surface area contributed by atoms with Gasteiger partial charge in [0.05, 0.1) is 0 Å². The smallest absolute Gasteiger partial charge is 0.328 e. The lowest BCUT2D eigenvalue weighted by Gasteiger charge is -2.13. The fraction of sp³-hybridized carbons (Fsp3) is 0.200. The standard InChI is InChI=1S/C15H16ClN3O3S2/c1-10(2)18-15(20)19-24(21,22)14-9-17-8-7-13(14)23-12-5-3-11(16)4-6-12/h3-10H,1-2H3,(H2,18,19,20). The number of carbonyl (C=O) groups is 1. The highest BCUT2D eigenvalue weighted by molar-refractivity contribution is 8.00. The molecular weight excluding hydrogens is 370 g/mol. The van der Waals surface area contributed by atoms with Crippen molar-refractivity contribution in [2.45, 2.75) is 34.6 Å². The third-order valence-electron chi connectivity index (χ3n) is 2.72. The summed E-state index contributed by atoms with van der Waals surface area (Å²) in [6, 6.07) is 7.61. The van der Waals surface area contributed by atoms with Gasteiger partial charge in [0.25, 0.3) is 10.0 Å². The number of carbonyl (C=O) groups excluding carboxylic acids is 1. The van der Waals surface area contributed by atoms with Crippen LogP contribution < -0.4 is 10.0 Å². The van der Waals surface area contributed by atoms with Crippen LogP contribution in [0.15, 0.2) is 57.4 Å². The van der Waals surface area contributed by atoms with Crippen molar-refractivity contribution in [3.63, 3.8) is 0 Å². The summed E-state index contributed by atoms with van der Waals surface area (Å²) in [5, 5.41) is 3.06. The molecule has 1 aromatic heterocycles. The van der Waals surface area contributed by atoms with Crippen molar-refractivity contribution in [2.24, 2.45) is 0 Å². The molecule has 24 heavy (non-hydrogen) atoms. The van der Waals surface area contributed by atoms with Crippen LogP contribution in [0.5, 0.6) is 0 Å². The molecule has 2 aromatic rings. The minimum absolute atomic E-state index is 0.0659. The predicted octanol–water partition coefficient (Wildman–Crippen LogP) is 3.28. The topological polar surface area (TPSA) is 88.2 Å². The number of hydrogen-bond acceptors (Lipinski definition) is 5. The molecule has 2 rings (SSSR count). The molecule has 0 saturated heterocycles. The summed E-state index contributed by atoms with van der Waals surface area (Å²) < 4.78 is 26.9. The average Bonchev–Trinajstić information content (AvgIpc) is 2.48. The van der Waals surface area contributed by atoms with Crippen LogP contribution in [0.2, 0.25) is 5.02 Å². The van der Waals surface area contributed by atoms with Crippen molar-refractivity contribution in [1.82, 2.24) is 15.0 Å². The van der Waals surface area contributed by atoms with Gasteiger partial charge >= 0.3 is 6.03 Å². The number of amides is 2. The van der Waals surface area contributed by atoms with E-state index in [1.165, 1.54) is 24.2 Å². The normalized spacial score (nSPS) is 11.3. The fourth-order valence-corrected chi connectivity index (χ4v) is 4.09. The highest BCUT2D eigenvalue weighted by Gasteiger charge is 2.22. The van der Waals surface area contributed by atoms with Gasteiger partial charge in [0.2, 0.25) is 0 Å². The van der Waals surface area contributed by atoms with Crippen molar-refractivity contribution in [3.05, 3.63) is 47.7 Å². The van der Waals surface area contributed by atoms with Crippen molar-refractivity contribution in [2.75, 3.05) is 0 Å². The minimum Gasteiger partial charge on any atom is -0.335 e. The van der Waals surface area contributed by atoms with Gasteiger partial charge in [-0.3, -0.25) is 4.98 Å². The lowest BCUT2D eigenvalue weighted by atomic mass is 10.4. The number of pyridine rings is 1. The van der Waals surface area contributed by atoms with E-state index in [1.807, 2.05) is 4.72 Å². The molecular formula is C15H16ClN3O3S2. The molecule has 0 unspecified atom stereocenters. The van der Waals surface area contributed by atoms with Gasteiger partial charge < -0.3 is 5.32 Å². The average molecular weight is 386 g/mol. The van der Waals surface area contributed by atoms with E-state index in [-0.39, 0.29) is 10.9 Å². The van der Waals surface area contributed by atoms with Gasteiger partial charge in [0.15, 0.2) is 0 Å². The van der Waals surface area contributed by atoms with Gasteiger partial charge in [-0.25, -0.2) is 17.9 Å². The Morgan fingerprint density at radius 2 is 1.88 bits per heavy atom. The number of halogens is 1. The van der Waals surface area contributed by atoms with Crippen LogP contribution in [0.4, 0.5) is 4.79 Å². The second-order valence-corrected chi connectivity index (χ2v) is 8.31. The number of hydrogen-bond donors (Lipinski definition) is 2. The number of sulfonamides is 1. The lowest BCUT2D eigenvalue weighted by molar-refractivity contribution is 0.243. The Hall–Kier alpha value is -1.77. The van der Waals surface area contributed by atoms with Gasteiger partial charge in [-0.1, -0.05) is 23.4 Å². The first kappa shape index (κ1) is 18.6. The van der Waals surface area contributed by atoms with E-state index in [0.29, 0.717) is 9.92 Å². The van der Waals surface area contributed by atoms with Gasteiger partial charge in [0.1, 0.15) is 4.90 Å². The van der Waals surface area contributed by atoms with E-state index in [9.17, 15) is 13.2 Å². The molecule has 2 amide bonds. The third-order valence-corrected chi connectivity index (χ3v) is 5.55. The fourth-order valence-electron chi connectivity index (χ4n) is 1.75. The van der Waals surface area contributed by atoms with Crippen LogP contribution in [-0.4, -0.2) is 25.5 Å². The largest absolute Gasteiger partial charge is 0.335 e. The van der Waals surface area contributed by atoms with Gasteiger partial charge in [0, 0.05) is 33.2 Å². The molecule has 6 nitrogen and oxygen atoms in total. The summed E-state index contributed by atoms with van der Waals surface area (Å²) in [5.41, 5.74) is 0. The molecule has 0 atom stereocenters. The Morgan fingerprint density at radius 3 is 2.50 bits per heavy atom. The van der Waals surface area contributed by atoms with Gasteiger partial charge in [-0.05, 0) is 44.2 Å².